The number of benzene rings is 1. The van der Waals surface area contributed by atoms with Crippen molar-refractivity contribution in [3.8, 4) is 5.95 Å². The highest BCUT2D eigenvalue weighted by molar-refractivity contribution is 7.92. The van der Waals surface area contributed by atoms with Gasteiger partial charge in [-0.05, 0) is 32.9 Å². The minimum atomic E-state index is -3.00. The molecular formula is C21H28FN7O2S. The van der Waals surface area contributed by atoms with Gasteiger partial charge in [-0.3, -0.25) is 4.78 Å². The molecular weight excluding hydrogens is 433 g/mol. The fourth-order valence-electron chi connectivity index (χ4n) is 3.68. The molecule has 3 heterocycles. The van der Waals surface area contributed by atoms with Crippen LogP contribution in [0, 0.1) is 10.6 Å². The number of fused-ring (bicyclic) bond motifs is 1. The van der Waals surface area contributed by atoms with Crippen LogP contribution in [0.1, 0.15) is 26.5 Å². The number of morpholine rings is 1. The van der Waals surface area contributed by atoms with Crippen LogP contribution in [0.3, 0.4) is 0 Å². The van der Waals surface area contributed by atoms with Crippen LogP contribution in [0.5, 0.6) is 0 Å². The molecule has 172 valence electrons. The molecule has 11 heteroatoms. The average Bonchev–Trinajstić information content (AvgIpc) is 3.13. The molecule has 0 saturated carbocycles. The van der Waals surface area contributed by atoms with Crippen molar-refractivity contribution in [2.24, 2.45) is 0 Å². The highest BCUT2D eigenvalue weighted by Crippen LogP contribution is 2.33. The number of rotatable bonds is 5. The summed E-state index contributed by atoms with van der Waals surface area (Å²) in [6, 6.07) is 6.58. The zero-order valence-corrected chi connectivity index (χ0v) is 19.7. The first-order chi connectivity index (χ1) is 15.0. The van der Waals surface area contributed by atoms with E-state index in [1.54, 1.807) is 43.7 Å². The minimum Gasteiger partial charge on any atom is -0.377 e. The summed E-state index contributed by atoms with van der Waals surface area (Å²) in [5, 5.41) is 2.98. The quantitative estimate of drug-likeness (QED) is 0.601. The lowest BCUT2D eigenvalue weighted by atomic mass is 10.1. The lowest BCUT2D eigenvalue weighted by molar-refractivity contribution is 0.0985. The van der Waals surface area contributed by atoms with E-state index in [-0.39, 0.29) is 17.5 Å². The zero-order valence-electron chi connectivity index (χ0n) is 18.8. The van der Waals surface area contributed by atoms with Gasteiger partial charge in [0.25, 0.3) is 0 Å². The van der Waals surface area contributed by atoms with E-state index < -0.39 is 20.3 Å². The summed E-state index contributed by atoms with van der Waals surface area (Å²) in [7, 11) is -1.31. The van der Waals surface area contributed by atoms with Gasteiger partial charge in [0.2, 0.25) is 11.9 Å². The second kappa shape index (κ2) is 7.96. The maximum Gasteiger partial charge on any atom is 0.239 e. The van der Waals surface area contributed by atoms with Crippen LogP contribution in [-0.2, 0) is 19.2 Å². The van der Waals surface area contributed by atoms with Gasteiger partial charge in [0.1, 0.15) is 11.3 Å². The molecule has 1 fully saturated rings. The summed E-state index contributed by atoms with van der Waals surface area (Å²) in [5.41, 5.74) is 1.18. The standard InChI is InChI=1S/C21H28FN7O2S/c1-13-12-31-10-9-28(13)17-11-16(21(2,3)32(5,23)30)25-20(26-17)29-15-8-6-7-14(22)18(15)27-19(29)24-4/h6-8,11,13,23H,9-10,12H2,1-5H3,(H,24,27)/t13-,32+/m1/s1. The van der Waals surface area contributed by atoms with E-state index in [0.717, 1.165) is 0 Å². The number of para-hydroxylation sites is 1. The monoisotopic (exact) mass is 461 g/mol. The van der Waals surface area contributed by atoms with E-state index >= 15 is 0 Å². The van der Waals surface area contributed by atoms with Crippen molar-refractivity contribution in [1.82, 2.24) is 19.5 Å². The summed E-state index contributed by atoms with van der Waals surface area (Å²) >= 11 is 0. The normalized spacial score (nSPS) is 19.2. The van der Waals surface area contributed by atoms with Crippen LogP contribution in [0.4, 0.5) is 16.2 Å². The Kier molecular flexibility index (Phi) is 5.58. The number of nitrogens with one attached hydrogen (secondary N) is 2. The molecule has 0 unspecified atom stereocenters. The molecule has 32 heavy (non-hydrogen) atoms. The van der Waals surface area contributed by atoms with Crippen molar-refractivity contribution >= 4 is 32.5 Å². The van der Waals surface area contributed by atoms with Gasteiger partial charge < -0.3 is 15.0 Å². The van der Waals surface area contributed by atoms with Crippen molar-refractivity contribution in [3.05, 3.63) is 35.8 Å². The van der Waals surface area contributed by atoms with Crippen molar-refractivity contribution < 1.29 is 13.3 Å². The van der Waals surface area contributed by atoms with E-state index in [9.17, 15) is 8.60 Å². The third kappa shape index (κ3) is 3.69. The summed E-state index contributed by atoms with van der Waals surface area (Å²) in [6.45, 7) is 7.28. The number of hydrogen-bond acceptors (Lipinski definition) is 8. The molecule has 2 atom stereocenters. The summed E-state index contributed by atoms with van der Waals surface area (Å²) in [4.78, 5) is 16.0. The number of nitrogens with zero attached hydrogens (tertiary/aromatic N) is 5. The fraction of sp³-hybridized carbons (Fsp3) is 0.476. The molecule has 0 amide bonds. The number of ether oxygens (including phenoxy) is 1. The van der Waals surface area contributed by atoms with Gasteiger partial charge in [0.15, 0.2) is 5.82 Å². The number of hydrogen-bond donors (Lipinski definition) is 2. The highest BCUT2D eigenvalue weighted by atomic mass is 32.2. The molecule has 1 aliphatic heterocycles. The van der Waals surface area contributed by atoms with E-state index in [0.29, 0.717) is 42.7 Å². The minimum absolute atomic E-state index is 0.0743. The van der Waals surface area contributed by atoms with Crippen LogP contribution in [-0.4, -0.2) is 62.8 Å². The third-order valence-corrected chi connectivity index (χ3v) is 8.17. The Hall–Kier alpha value is -2.79. The van der Waals surface area contributed by atoms with Gasteiger partial charge in [-0.25, -0.2) is 23.1 Å². The van der Waals surface area contributed by atoms with E-state index in [1.807, 2.05) is 6.92 Å². The summed E-state index contributed by atoms with van der Waals surface area (Å²) in [5.74, 6) is 0.839. The first kappa shape index (κ1) is 22.4. The lowest BCUT2D eigenvalue weighted by Crippen LogP contribution is -2.44. The highest BCUT2D eigenvalue weighted by Gasteiger charge is 2.34. The number of imidazole rings is 1. The summed E-state index contributed by atoms with van der Waals surface area (Å²) in [6.07, 6.45) is 1.41. The molecule has 4 rings (SSSR count). The Morgan fingerprint density at radius 3 is 2.72 bits per heavy atom. The number of aromatic nitrogens is 4. The van der Waals surface area contributed by atoms with Crippen molar-refractivity contribution in [1.29, 1.82) is 4.78 Å². The third-order valence-electron chi connectivity index (χ3n) is 6.01. The van der Waals surface area contributed by atoms with E-state index in [2.05, 4.69) is 15.2 Å². The van der Waals surface area contributed by atoms with Crippen molar-refractivity contribution in [2.75, 3.05) is 43.3 Å². The van der Waals surface area contributed by atoms with Crippen molar-refractivity contribution in [3.63, 3.8) is 0 Å². The Balaban J connectivity index is 2.01. The predicted octanol–water partition coefficient (Wildman–Crippen LogP) is 3.13. The first-order valence-corrected chi connectivity index (χ1v) is 12.3. The molecule has 0 spiro atoms. The van der Waals surface area contributed by atoms with Gasteiger partial charge in [-0.15, -0.1) is 0 Å². The predicted molar refractivity (Wildman–Crippen MR) is 124 cm³/mol. The molecule has 2 N–H and O–H groups in total. The van der Waals surface area contributed by atoms with Gasteiger partial charge in [-0.1, -0.05) is 6.07 Å². The molecule has 1 aliphatic rings. The van der Waals surface area contributed by atoms with Crippen LogP contribution in [0.15, 0.2) is 24.3 Å². The second-order valence-electron chi connectivity index (χ2n) is 8.51. The topological polar surface area (TPSA) is 109 Å². The van der Waals surface area contributed by atoms with E-state index in [4.69, 9.17) is 19.5 Å². The summed E-state index contributed by atoms with van der Waals surface area (Å²) < 4.78 is 41.7. The lowest BCUT2D eigenvalue weighted by Gasteiger charge is -2.35. The second-order valence-corrected chi connectivity index (χ2v) is 11.2. The number of halogens is 1. The first-order valence-electron chi connectivity index (χ1n) is 10.4. The Bertz CT molecular complexity index is 1270. The number of anilines is 2. The molecule has 1 aromatic carbocycles. The molecule has 0 aliphatic carbocycles. The smallest absolute Gasteiger partial charge is 0.239 e. The van der Waals surface area contributed by atoms with Crippen LogP contribution >= 0.6 is 0 Å². The van der Waals surface area contributed by atoms with Crippen LogP contribution < -0.4 is 10.2 Å². The zero-order chi connectivity index (χ0) is 23.3. The Labute approximate surface area is 187 Å². The Morgan fingerprint density at radius 1 is 1.31 bits per heavy atom. The average molecular weight is 462 g/mol. The molecule has 3 aromatic rings. The maximum absolute atomic E-state index is 14.4. The molecule has 0 bridgehead atoms. The fourth-order valence-corrected chi connectivity index (χ4v) is 4.18. The molecule has 9 nitrogen and oxygen atoms in total. The van der Waals surface area contributed by atoms with Crippen LogP contribution in [0.2, 0.25) is 0 Å². The van der Waals surface area contributed by atoms with Gasteiger partial charge in [0.05, 0.1) is 44.9 Å². The van der Waals surface area contributed by atoms with Gasteiger partial charge in [-0.2, -0.15) is 4.98 Å². The van der Waals surface area contributed by atoms with Gasteiger partial charge >= 0.3 is 0 Å². The molecule has 2 aromatic heterocycles. The van der Waals surface area contributed by atoms with Crippen LogP contribution in [0.25, 0.3) is 17.0 Å². The SMILES string of the molecule is CNc1nc2c(F)cccc2n1-c1nc(N2CCOC[C@H]2C)cc(C(C)(C)[S@@](C)(=N)=O)n1. The maximum atomic E-state index is 14.4. The molecule has 0 radical (unpaired) electrons. The largest absolute Gasteiger partial charge is 0.377 e. The molecule has 1 saturated heterocycles. The Morgan fingerprint density at radius 2 is 2.06 bits per heavy atom. The van der Waals surface area contributed by atoms with E-state index in [1.165, 1.54) is 12.3 Å². The van der Waals surface area contributed by atoms with Gasteiger partial charge in [0, 0.05) is 25.9 Å². The van der Waals surface area contributed by atoms with Crippen molar-refractivity contribution in [2.45, 2.75) is 31.6 Å².